The van der Waals surface area contributed by atoms with Crippen LogP contribution in [0.3, 0.4) is 0 Å². The number of hydrogen-bond acceptors (Lipinski definition) is 1. The lowest BCUT2D eigenvalue weighted by atomic mass is 10.0. The Bertz CT molecular complexity index is 541. The van der Waals surface area contributed by atoms with Crippen molar-refractivity contribution in [2.75, 3.05) is 0 Å². The van der Waals surface area contributed by atoms with Gasteiger partial charge >= 0.3 is 0 Å². The lowest BCUT2D eigenvalue weighted by Gasteiger charge is -2.07. The van der Waals surface area contributed by atoms with Crippen LogP contribution in [0, 0.1) is 5.82 Å². The van der Waals surface area contributed by atoms with Crippen molar-refractivity contribution in [1.29, 1.82) is 0 Å². The fraction of sp³-hybridized carbons (Fsp3) is 0. The fourth-order valence-electron chi connectivity index (χ4n) is 1.43. The molecule has 1 N–H and O–H groups in total. The van der Waals surface area contributed by atoms with Gasteiger partial charge in [0.15, 0.2) is 0 Å². The average molecular weight is 257 g/mol. The predicted molar refractivity (Wildman–Crippen MR) is 63.5 cm³/mol. The minimum Gasteiger partial charge on any atom is -0.507 e. The molecule has 0 bridgehead atoms. The van der Waals surface area contributed by atoms with Gasteiger partial charge in [0.2, 0.25) is 0 Å². The lowest BCUT2D eigenvalue weighted by molar-refractivity contribution is 0.477. The molecule has 2 aromatic rings. The number of benzene rings is 2. The molecule has 0 amide bonds. The molecule has 2 aromatic carbocycles. The predicted octanol–water partition coefficient (Wildman–Crippen LogP) is 4.51. The average Bonchev–Trinajstić information content (AvgIpc) is 2.22. The third-order valence-corrected chi connectivity index (χ3v) is 2.73. The molecular weight excluding hydrogens is 250 g/mol. The van der Waals surface area contributed by atoms with E-state index in [1.807, 2.05) is 0 Å². The van der Waals surface area contributed by atoms with Crippen LogP contribution in [-0.4, -0.2) is 5.11 Å². The SMILES string of the molecule is Oc1ccc(Cl)cc1-c1ccc(F)cc1Cl. The highest BCUT2D eigenvalue weighted by molar-refractivity contribution is 6.34. The Morgan fingerprint density at radius 2 is 1.69 bits per heavy atom. The summed E-state index contributed by atoms with van der Waals surface area (Å²) in [6, 6.07) is 8.59. The lowest BCUT2D eigenvalue weighted by Crippen LogP contribution is -1.83. The molecule has 0 radical (unpaired) electrons. The molecule has 0 heterocycles. The second-order valence-corrected chi connectivity index (χ2v) is 4.13. The zero-order valence-corrected chi connectivity index (χ0v) is 9.56. The van der Waals surface area contributed by atoms with Gasteiger partial charge in [-0.1, -0.05) is 23.2 Å². The first-order valence-corrected chi connectivity index (χ1v) is 5.27. The Morgan fingerprint density at radius 3 is 2.38 bits per heavy atom. The van der Waals surface area contributed by atoms with Crippen molar-refractivity contribution in [3.05, 3.63) is 52.3 Å². The van der Waals surface area contributed by atoms with Crippen LogP contribution < -0.4 is 0 Å². The number of phenolic OH excluding ortho intramolecular Hbond substituents is 1. The number of hydrogen-bond donors (Lipinski definition) is 1. The van der Waals surface area contributed by atoms with Crippen LogP contribution in [0.25, 0.3) is 11.1 Å². The van der Waals surface area contributed by atoms with Crippen molar-refractivity contribution in [3.63, 3.8) is 0 Å². The van der Waals surface area contributed by atoms with Crippen LogP contribution in [0.4, 0.5) is 4.39 Å². The van der Waals surface area contributed by atoms with Crippen molar-refractivity contribution in [2.45, 2.75) is 0 Å². The molecule has 0 atom stereocenters. The molecule has 0 saturated heterocycles. The van der Waals surface area contributed by atoms with E-state index in [0.717, 1.165) is 0 Å². The third kappa shape index (κ3) is 2.13. The Kier molecular flexibility index (Phi) is 3.03. The van der Waals surface area contributed by atoms with E-state index in [1.165, 1.54) is 24.3 Å². The second-order valence-electron chi connectivity index (χ2n) is 3.29. The van der Waals surface area contributed by atoms with Crippen molar-refractivity contribution in [3.8, 4) is 16.9 Å². The van der Waals surface area contributed by atoms with Crippen LogP contribution in [0.2, 0.25) is 10.0 Å². The zero-order valence-electron chi connectivity index (χ0n) is 8.05. The van der Waals surface area contributed by atoms with Gasteiger partial charge in [-0.05, 0) is 36.4 Å². The van der Waals surface area contributed by atoms with Crippen LogP contribution in [-0.2, 0) is 0 Å². The maximum atomic E-state index is 12.9. The van der Waals surface area contributed by atoms with Gasteiger partial charge in [-0.25, -0.2) is 4.39 Å². The Hall–Kier alpha value is -1.25. The van der Waals surface area contributed by atoms with Gasteiger partial charge in [-0.2, -0.15) is 0 Å². The molecule has 1 nitrogen and oxygen atoms in total. The fourth-order valence-corrected chi connectivity index (χ4v) is 1.87. The van der Waals surface area contributed by atoms with E-state index in [4.69, 9.17) is 23.2 Å². The zero-order chi connectivity index (χ0) is 11.7. The van der Waals surface area contributed by atoms with Gasteiger partial charge in [0.05, 0.1) is 5.02 Å². The number of rotatable bonds is 1. The number of aromatic hydroxyl groups is 1. The first-order chi connectivity index (χ1) is 7.58. The summed E-state index contributed by atoms with van der Waals surface area (Å²) in [5, 5.41) is 10.4. The number of phenols is 1. The summed E-state index contributed by atoms with van der Waals surface area (Å²) in [4.78, 5) is 0. The van der Waals surface area contributed by atoms with E-state index in [1.54, 1.807) is 12.1 Å². The summed E-state index contributed by atoms with van der Waals surface area (Å²) < 4.78 is 12.9. The summed E-state index contributed by atoms with van der Waals surface area (Å²) in [5.41, 5.74) is 1.03. The second kappa shape index (κ2) is 4.32. The summed E-state index contributed by atoms with van der Waals surface area (Å²) in [7, 11) is 0. The van der Waals surface area contributed by atoms with E-state index in [2.05, 4.69) is 0 Å². The summed E-state index contributed by atoms with van der Waals surface area (Å²) >= 11 is 11.7. The molecular formula is C12H7Cl2FO. The van der Waals surface area contributed by atoms with Crippen LogP contribution in [0.15, 0.2) is 36.4 Å². The molecule has 0 aliphatic carbocycles. The maximum absolute atomic E-state index is 12.9. The van der Waals surface area contributed by atoms with E-state index in [-0.39, 0.29) is 10.8 Å². The first-order valence-electron chi connectivity index (χ1n) is 4.52. The van der Waals surface area contributed by atoms with Gasteiger partial charge in [-0.3, -0.25) is 0 Å². The third-order valence-electron chi connectivity index (χ3n) is 2.18. The van der Waals surface area contributed by atoms with Crippen LogP contribution >= 0.6 is 23.2 Å². The molecule has 0 unspecified atom stereocenters. The molecule has 0 aliphatic heterocycles. The molecule has 0 aliphatic rings. The Morgan fingerprint density at radius 1 is 0.938 bits per heavy atom. The molecule has 4 heteroatoms. The largest absolute Gasteiger partial charge is 0.507 e. The van der Waals surface area contributed by atoms with Gasteiger partial charge in [0.25, 0.3) is 0 Å². The molecule has 2 rings (SSSR count). The molecule has 0 fully saturated rings. The highest BCUT2D eigenvalue weighted by atomic mass is 35.5. The topological polar surface area (TPSA) is 20.2 Å². The van der Waals surface area contributed by atoms with Crippen molar-refractivity contribution in [1.82, 2.24) is 0 Å². The van der Waals surface area contributed by atoms with Gasteiger partial charge in [0.1, 0.15) is 11.6 Å². The van der Waals surface area contributed by atoms with Gasteiger partial charge in [0, 0.05) is 16.1 Å². The molecule has 0 spiro atoms. The van der Waals surface area contributed by atoms with Crippen molar-refractivity contribution >= 4 is 23.2 Å². The Balaban J connectivity index is 2.62. The van der Waals surface area contributed by atoms with Gasteiger partial charge in [-0.15, -0.1) is 0 Å². The normalized spacial score (nSPS) is 10.4. The minimum atomic E-state index is -0.421. The summed E-state index contributed by atoms with van der Waals surface area (Å²) in [6.45, 7) is 0. The van der Waals surface area contributed by atoms with Crippen LogP contribution in [0.1, 0.15) is 0 Å². The minimum absolute atomic E-state index is 0.0536. The first kappa shape index (κ1) is 11.2. The maximum Gasteiger partial charge on any atom is 0.124 e. The quantitative estimate of drug-likeness (QED) is 0.797. The van der Waals surface area contributed by atoms with E-state index in [9.17, 15) is 9.50 Å². The Labute approximate surface area is 102 Å². The molecule has 0 aromatic heterocycles. The molecule has 82 valence electrons. The molecule has 0 saturated carbocycles. The summed E-state index contributed by atoms with van der Waals surface area (Å²) in [5.74, 6) is -0.367. The highest BCUT2D eigenvalue weighted by Crippen LogP contribution is 2.36. The van der Waals surface area contributed by atoms with Crippen molar-refractivity contribution < 1.29 is 9.50 Å². The smallest absolute Gasteiger partial charge is 0.124 e. The standard InChI is InChI=1S/C12H7Cl2FO/c13-7-1-4-12(16)10(5-7)9-3-2-8(15)6-11(9)14/h1-6,16H. The van der Waals surface area contributed by atoms with Crippen molar-refractivity contribution in [2.24, 2.45) is 0 Å². The van der Waals surface area contributed by atoms with E-state index in [0.29, 0.717) is 16.1 Å². The number of halogens is 3. The monoisotopic (exact) mass is 256 g/mol. The van der Waals surface area contributed by atoms with E-state index >= 15 is 0 Å². The van der Waals surface area contributed by atoms with E-state index < -0.39 is 5.82 Å². The summed E-state index contributed by atoms with van der Waals surface area (Å²) in [6.07, 6.45) is 0. The van der Waals surface area contributed by atoms with Gasteiger partial charge < -0.3 is 5.11 Å². The molecule has 16 heavy (non-hydrogen) atoms. The van der Waals surface area contributed by atoms with Crippen LogP contribution in [0.5, 0.6) is 5.75 Å². The highest BCUT2D eigenvalue weighted by Gasteiger charge is 2.09.